The molecule has 0 radical (unpaired) electrons. The van der Waals surface area contributed by atoms with E-state index in [0.29, 0.717) is 11.4 Å². The van der Waals surface area contributed by atoms with Crippen molar-refractivity contribution >= 4 is 0 Å². The summed E-state index contributed by atoms with van der Waals surface area (Å²) in [6, 6.07) is 13.0. The van der Waals surface area contributed by atoms with E-state index in [2.05, 4.69) is 5.10 Å². The van der Waals surface area contributed by atoms with Crippen LogP contribution in [-0.2, 0) is 6.18 Å². The lowest BCUT2D eigenvalue weighted by molar-refractivity contribution is -0.141. The highest BCUT2D eigenvalue weighted by Crippen LogP contribution is 2.37. The largest absolute Gasteiger partial charge is 0.435 e. The molecule has 2 nitrogen and oxygen atoms in total. The van der Waals surface area contributed by atoms with Gasteiger partial charge in [0.15, 0.2) is 5.69 Å². The molecule has 0 atom stereocenters. The van der Waals surface area contributed by atoms with Crippen LogP contribution >= 0.6 is 0 Å². The maximum absolute atomic E-state index is 13.4. The van der Waals surface area contributed by atoms with Gasteiger partial charge in [0.25, 0.3) is 0 Å². The van der Waals surface area contributed by atoms with Crippen LogP contribution in [0.5, 0.6) is 0 Å². The van der Waals surface area contributed by atoms with Crippen molar-refractivity contribution < 1.29 is 13.2 Å². The summed E-state index contributed by atoms with van der Waals surface area (Å²) in [7, 11) is 0. The maximum atomic E-state index is 13.4. The molecular formula is C20H19F3N2. The van der Waals surface area contributed by atoms with E-state index in [-0.39, 0.29) is 5.56 Å². The average Bonchev–Trinajstić information content (AvgIpc) is 2.88. The van der Waals surface area contributed by atoms with Gasteiger partial charge < -0.3 is 0 Å². The number of aromatic nitrogens is 2. The van der Waals surface area contributed by atoms with Crippen molar-refractivity contribution in [3.05, 3.63) is 70.4 Å². The van der Waals surface area contributed by atoms with Crippen LogP contribution in [-0.4, -0.2) is 9.78 Å². The third kappa shape index (κ3) is 3.18. The molecule has 0 spiro atoms. The van der Waals surface area contributed by atoms with E-state index in [9.17, 15) is 13.2 Å². The van der Waals surface area contributed by atoms with E-state index < -0.39 is 11.9 Å². The second-order valence-corrected chi connectivity index (χ2v) is 6.37. The number of rotatable bonds is 2. The van der Waals surface area contributed by atoms with Gasteiger partial charge in [-0.3, -0.25) is 0 Å². The zero-order valence-corrected chi connectivity index (χ0v) is 14.6. The zero-order chi connectivity index (χ0) is 18.4. The molecule has 1 aromatic heterocycles. The summed E-state index contributed by atoms with van der Waals surface area (Å²) in [6.07, 6.45) is -4.49. The van der Waals surface area contributed by atoms with Crippen molar-refractivity contribution in [3.63, 3.8) is 0 Å². The Kier molecular flexibility index (Phi) is 4.19. The fourth-order valence-corrected chi connectivity index (χ4v) is 2.87. The molecule has 0 bridgehead atoms. The van der Waals surface area contributed by atoms with Gasteiger partial charge in [0.1, 0.15) is 0 Å². The minimum absolute atomic E-state index is 0.135. The Morgan fingerprint density at radius 3 is 2.04 bits per heavy atom. The Hall–Kier alpha value is -2.56. The van der Waals surface area contributed by atoms with Gasteiger partial charge in [-0.15, -0.1) is 0 Å². The van der Waals surface area contributed by atoms with Crippen LogP contribution in [0.4, 0.5) is 13.2 Å². The van der Waals surface area contributed by atoms with Crippen molar-refractivity contribution in [2.45, 2.75) is 33.9 Å². The highest BCUT2D eigenvalue weighted by atomic mass is 19.4. The highest BCUT2D eigenvalue weighted by molar-refractivity contribution is 5.68. The fourth-order valence-electron chi connectivity index (χ4n) is 2.87. The monoisotopic (exact) mass is 344 g/mol. The van der Waals surface area contributed by atoms with Crippen molar-refractivity contribution in [3.8, 4) is 16.9 Å². The van der Waals surface area contributed by atoms with E-state index in [4.69, 9.17) is 0 Å². The first kappa shape index (κ1) is 17.3. The van der Waals surface area contributed by atoms with Crippen LogP contribution in [0.1, 0.15) is 27.9 Å². The molecule has 3 aromatic rings. The molecule has 5 heteroatoms. The van der Waals surface area contributed by atoms with E-state index in [0.717, 1.165) is 22.3 Å². The quantitative estimate of drug-likeness (QED) is 0.575. The second kappa shape index (κ2) is 6.06. The molecule has 2 aromatic carbocycles. The van der Waals surface area contributed by atoms with Crippen LogP contribution in [0.15, 0.2) is 42.5 Å². The van der Waals surface area contributed by atoms with Gasteiger partial charge >= 0.3 is 6.18 Å². The van der Waals surface area contributed by atoms with Gasteiger partial charge in [-0.2, -0.15) is 18.3 Å². The normalized spacial score (nSPS) is 11.8. The minimum Gasteiger partial charge on any atom is -0.232 e. The summed E-state index contributed by atoms with van der Waals surface area (Å²) in [6.45, 7) is 7.34. The SMILES string of the molecule is Cc1ccc(-n2nc(C(F)(F)F)c(C)c2-c2ccc(C)c(C)c2)cc1. The summed E-state index contributed by atoms with van der Waals surface area (Å²) in [5, 5.41) is 3.90. The third-order valence-electron chi connectivity index (χ3n) is 4.45. The molecule has 25 heavy (non-hydrogen) atoms. The molecule has 0 fully saturated rings. The van der Waals surface area contributed by atoms with Crippen LogP contribution in [0, 0.1) is 27.7 Å². The summed E-state index contributed by atoms with van der Waals surface area (Å²) < 4.78 is 41.6. The Bertz CT molecular complexity index is 919. The van der Waals surface area contributed by atoms with E-state index >= 15 is 0 Å². The standard InChI is InChI=1S/C20H19F3N2/c1-12-5-9-17(10-6-12)25-18(15(4)19(24-25)20(21,22)23)16-8-7-13(2)14(3)11-16/h5-11H,1-4H3. The predicted molar refractivity (Wildman–Crippen MR) is 93.0 cm³/mol. The van der Waals surface area contributed by atoms with Crippen molar-refractivity contribution in [1.82, 2.24) is 9.78 Å². The molecule has 0 N–H and O–H groups in total. The number of alkyl halides is 3. The molecule has 1 heterocycles. The molecule has 0 aliphatic heterocycles. The lowest BCUT2D eigenvalue weighted by Gasteiger charge is -2.11. The topological polar surface area (TPSA) is 17.8 Å². The van der Waals surface area contributed by atoms with Crippen LogP contribution in [0.2, 0.25) is 0 Å². The number of aryl methyl sites for hydroxylation is 3. The number of benzene rings is 2. The lowest BCUT2D eigenvalue weighted by atomic mass is 10.0. The van der Waals surface area contributed by atoms with Gasteiger partial charge in [0.05, 0.1) is 11.4 Å². The molecule has 0 aliphatic carbocycles. The van der Waals surface area contributed by atoms with Crippen LogP contribution in [0.3, 0.4) is 0 Å². The Morgan fingerprint density at radius 1 is 0.840 bits per heavy atom. The van der Waals surface area contributed by atoms with Gasteiger partial charge in [-0.05, 0) is 57.0 Å². The molecule has 130 valence electrons. The van der Waals surface area contributed by atoms with Crippen molar-refractivity contribution in [1.29, 1.82) is 0 Å². The summed E-state index contributed by atoms with van der Waals surface area (Å²) in [4.78, 5) is 0. The molecule has 0 amide bonds. The van der Waals surface area contributed by atoms with Gasteiger partial charge in [0, 0.05) is 11.1 Å². The molecule has 3 rings (SSSR count). The maximum Gasteiger partial charge on any atom is 0.435 e. The van der Waals surface area contributed by atoms with Gasteiger partial charge in [0.2, 0.25) is 0 Å². The van der Waals surface area contributed by atoms with Crippen LogP contribution < -0.4 is 0 Å². The summed E-state index contributed by atoms with van der Waals surface area (Å²) in [5.74, 6) is 0. The second-order valence-electron chi connectivity index (χ2n) is 6.37. The Labute approximate surface area is 144 Å². The van der Waals surface area contributed by atoms with Gasteiger partial charge in [-0.1, -0.05) is 29.8 Å². The third-order valence-corrected chi connectivity index (χ3v) is 4.45. The first-order chi connectivity index (χ1) is 11.7. The molecule has 0 saturated carbocycles. The zero-order valence-electron chi connectivity index (χ0n) is 14.6. The Morgan fingerprint density at radius 2 is 1.48 bits per heavy atom. The molecular weight excluding hydrogens is 325 g/mol. The molecule has 0 unspecified atom stereocenters. The van der Waals surface area contributed by atoms with Crippen molar-refractivity contribution in [2.24, 2.45) is 0 Å². The highest BCUT2D eigenvalue weighted by Gasteiger charge is 2.38. The Balaban J connectivity index is 2.29. The lowest BCUT2D eigenvalue weighted by Crippen LogP contribution is -2.08. The first-order valence-electron chi connectivity index (χ1n) is 8.00. The first-order valence-corrected chi connectivity index (χ1v) is 8.00. The minimum atomic E-state index is -4.49. The van der Waals surface area contributed by atoms with Crippen LogP contribution in [0.25, 0.3) is 16.9 Å². The van der Waals surface area contributed by atoms with E-state index in [1.807, 2.05) is 51.1 Å². The smallest absolute Gasteiger partial charge is 0.232 e. The van der Waals surface area contributed by atoms with E-state index in [1.54, 1.807) is 12.1 Å². The van der Waals surface area contributed by atoms with E-state index in [1.165, 1.54) is 11.6 Å². The van der Waals surface area contributed by atoms with Gasteiger partial charge in [-0.25, -0.2) is 4.68 Å². The number of nitrogens with zero attached hydrogens (tertiary/aromatic N) is 2. The number of hydrogen-bond donors (Lipinski definition) is 0. The fraction of sp³-hybridized carbons (Fsp3) is 0.250. The molecule has 0 saturated heterocycles. The summed E-state index contributed by atoms with van der Waals surface area (Å²) >= 11 is 0. The predicted octanol–water partition coefficient (Wildman–Crippen LogP) is 5.79. The van der Waals surface area contributed by atoms with Crippen molar-refractivity contribution in [2.75, 3.05) is 0 Å². The number of hydrogen-bond acceptors (Lipinski definition) is 1. The number of halogens is 3. The molecule has 0 aliphatic rings. The average molecular weight is 344 g/mol. The summed E-state index contributed by atoms with van der Waals surface area (Å²) in [5.41, 5.74) is 4.26.